The highest BCUT2D eigenvalue weighted by Crippen LogP contribution is 2.02. The lowest BCUT2D eigenvalue weighted by Gasteiger charge is -2.10. The maximum Gasteiger partial charge on any atom is 0.252 e. The van der Waals surface area contributed by atoms with E-state index in [4.69, 9.17) is 0 Å². The van der Waals surface area contributed by atoms with Crippen molar-refractivity contribution in [3.8, 4) is 0 Å². The quantitative estimate of drug-likeness (QED) is 0.688. The van der Waals surface area contributed by atoms with E-state index in [9.17, 15) is 4.79 Å². The molecule has 0 spiro atoms. The predicted molar refractivity (Wildman–Crippen MR) is 75.1 cm³/mol. The Morgan fingerprint density at radius 3 is 2.83 bits per heavy atom. The summed E-state index contributed by atoms with van der Waals surface area (Å²) in [4.78, 5) is 20.7. The van der Waals surface area contributed by atoms with Gasteiger partial charge in [0.1, 0.15) is 0 Å². The highest BCUT2D eigenvalue weighted by Gasteiger charge is 2.00. The molecule has 0 amide bonds. The van der Waals surface area contributed by atoms with Gasteiger partial charge in [0.25, 0.3) is 5.56 Å². The van der Waals surface area contributed by atoms with Crippen LogP contribution in [-0.2, 0) is 6.42 Å². The maximum atomic E-state index is 11.5. The summed E-state index contributed by atoms with van der Waals surface area (Å²) in [6.07, 6.45) is 4.07. The zero-order valence-electron chi connectivity index (χ0n) is 11.6. The first-order valence-corrected chi connectivity index (χ1v) is 6.60. The van der Waals surface area contributed by atoms with Crippen LogP contribution in [-0.4, -0.2) is 42.1 Å². The van der Waals surface area contributed by atoms with Gasteiger partial charge < -0.3 is 10.2 Å². The first kappa shape index (κ1) is 14.7. The maximum absolute atomic E-state index is 11.5. The van der Waals surface area contributed by atoms with E-state index >= 15 is 0 Å². The number of aryl methyl sites for hydroxylation is 1. The number of unbranched alkanes of at least 4 members (excludes halogenated alkanes) is 1. The number of aromatic nitrogens is 2. The van der Waals surface area contributed by atoms with Crippen molar-refractivity contribution in [1.82, 2.24) is 14.9 Å². The van der Waals surface area contributed by atoms with Crippen molar-refractivity contribution in [2.45, 2.75) is 32.6 Å². The van der Waals surface area contributed by atoms with E-state index < -0.39 is 0 Å². The van der Waals surface area contributed by atoms with E-state index in [1.54, 1.807) is 6.07 Å². The van der Waals surface area contributed by atoms with Crippen LogP contribution >= 0.6 is 0 Å². The normalized spacial score (nSPS) is 10.9. The Hall–Kier alpha value is -1.36. The van der Waals surface area contributed by atoms with Gasteiger partial charge in [0.05, 0.1) is 0 Å². The summed E-state index contributed by atoms with van der Waals surface area (Å²) >= 11 is 0. The molecule has 0 unspecified atom stereocenters. The van der Waals surface area contributed by atoms with E-state index in [1.807, 2.05) is 14.1 Å². The molecule has 102 valence electrons. The van der Waals surface area contributed by atoms with E-state index in [2.05, 4.69) is 27.1 Å². The van der Waals surface area contributed by atoms with Crippen LogP contribution in [0.2, 0.25) is 0 Å². The molecule has 1 aromatic heterocycles. The Kier molecular flexibility index (Phi) is 6.43. The van der Waals surface area contributed by atoms with Crippen LogP contribution < -0.4 is 10.9 Å². The van der Waals surface area contributed by atoms with Gasteiger partial charge in [0.15, 0.2) is 0 Å². The molecule has 1 rings (SSSR count). The van der Waals surface area contributed by atoms with Gasteiger partial charge in [0.2, 0.25) is 5.95 Å². The summed E-state index contributed by atoms with van der Waals surface area (Å²) in [5, 5.41) is 3.16. The van der Waals surface area contributed by atoms with E-state index in [-0.39, 0.29) is 5.56 Å². The number of aromatic amines is 1. The third-order valence-electron chi connectivity index (χ3n) is 2.66. The molecule has 0 saturated heterocycles. The molecule has 18 heavy (non-hydrogen) atoms. The molecule has 0 bridgehead atoms. The van der Waals surface area contributed by atoms with Crippen LogP contribution in [0.5, 0.6) is 0 Å². The highest BCUT2D eigenvalue weighted by molar-refractivity contribution is 5.24. The minimum atomic E-state index is -0.0776. The first-order chi connectivity index (χ1) is 8.61. The van der Waals surface area contributed by atoms with Crippen molar-refractivity contribution in [2.24, 2.45) is 0 Å². The molecule has 5 heteroatoms. The molecule has 0 radical (unpaired) electrons. The van der Waals surface area contributed by atoms with Crippen molar-refractivity contribution >= 4 is 5.95 Å². The van der Waals surface area contributed by atoms with Crippen LogP contribution in [0.4, 0.5) is 5.95 Å². The second-order valence-corrected chi connectivity index (χ2v) is 4.77. The van der Waals surface area contributed by atoms with Crippen molar-refractivity contribution < 1.29 is 0 Å². The lowest BCUT2D eigenvalue weighted by atomic mass is 10.2. The number of anilines is 1. The Morgan fingerprint density at radius 1 is 1.39 bits per heavy atom. The van der Waals surface area contributed by atoms with E-state index in [0.717, 1.165) is 44.5 Å². The zero-order chi connectivity index (χ0) is 13.4. The Morgan fingerprint density at radius 2 is 2.17 bits per heavy atom. The van der Waals surface area contributed by atoms with Gasteiger partial charge in [-0.3, -0.25) is 9.78 Å². The minimum absolute atomic E-state index is 0.0776. The smallest absolute Gasteiger partial charge is 0.252 e. The molecule has 0 aromatic carbocycles. The van der Waals surface area contributed by atoms with Crippen LogP contribution in [0.1, 0.15) is 31.9 Å². The summed E-state index contributed by atoms with van der Waals surface area (Å²) in [5.74, 6) is 0.590. The Bertz CT molecular complexity index is 400. The van der Waals surface area contributed by atoms with Gasteiger partial charge in [-0.25, -0.2) is 4.98 Å². The largest absolute Gasteiger partial charge is 0.356 e. The summed E-state index contributed by atoms with van der Waals surface area (Å²) in [6.45, 7) is 3.97. The van der Waals surface area contributed by atoms with Gasteiger partial charge in [-0.05, 0) is 39.9 Å². The van der Waals surface area contributed by atoms with Gasteiger partial charge in [-0.15, -0.1) is 0 Å². The monoisotopic (exact) mass is 252 g/mol. The second-order valence-electron chi connectivity index (χ2n) is 4.77. The molecule has 0 atom stereocenters. The molecule has 0 aliphatic heterocycles. The van der Waals surface area contributed by atoms with Gasteiger partial charge in [-0.1, -0.05) is 13.3 Å². The number of H-pyrrole nitrogens is 1. The van der Waals surface area contributed by atoms with Gasteiger partial charge in [0, 0.05) is 18.3 Å². The second kappa shape index (κ2) is 7.87. The van der Waals surface area contributed by atoms with Crippen molar-refractivity contribution in [2.75, 3.05) is 32.5 Å². The molecule has 0 aliphatic rings. The standard InChI is InChI=1S/C13H24N4O/c1-4-5-7-11-10-12(18)16-13(15-11)14-8-6-9-17(2)3/h10H,4-9H2,1-3H3,(H2,14,15,16,18). The Labute approximate surface area is 109 Å². The molecule has 5 nitrogen and oxygen atoms in total. The van der Waals surface area contributed by atoms with Crippen LogP contribution in [0.15, 0.2) is 10.9 Å². The molecule has 0 fully saturated rings. The number of hydrogen-bond acceptors (Lipinski definition) is 4. The van der Waals surface area contributed by atoms with Crippen molar-refractivity contribution in [1.29, 1.82) is 0 Å². The summed E-state index contributed by atoms with van der Waals surface area (Å²) in [7, 11) is 4.09. The fourth-order valence-electron chi connectivity index (χ4n) is 1.68. The molecule has 1 heterocycles. The molecule has 0 aliphatic carbocycles. The summed E-state index contributed by atoms with van der Waals surface area (Å²) in [6, 6.07) is 1.58. The topological polar surface area (TPSA) is 61.0 Å². The SMILES string of the molecule is CCCCc1cc(=O)[nH]c(NCCCN(C)C)n1. The van der Waals surface area contributed by atoms with Gasteiger partial charge in [-0.2, -0.15) is 0 Å². The highest BCUT2D eigenvalue weighted by atomic mass is 16.1. The fourth-order valence-corrected chi connectivity index (χ4v) is 1.68. The lowest BCUT2D eigenvalue weighted by molar-refractivity contribution is 0.405. The number of nitrogens with zero attached hydrogens (tertiary/aromatic N) is 2. The molecular formula is C13H24N4O. The average molecular weight is 252 g/mol. The van der Waals surface area contributed by atoms with Crippen LogP contribution in [0.25, 0.3) is 0 Å². The fraction of sp³-hybridized carbons (Fsp3) is 0.692. The molecular weight excluding hydrogens is 228 g/mol. The third kappa shape index (κ3) is 5.82. The minimum Gasteiger partial charge on any atom is -0.356 e. The van der Waals surface area contributed by atoms with Crippen LogP contribution in [0, 0.1) is 0 Å². The van der Waals surface area contributed by atoms with Crippen molar-refractivity contribution in [3.63, 3.8) is 0 Å². The third-order valence-corrected chi connectivity index (χ3v) is 2.66. The number of rotatable bonds is 8. The summed E-state index contributed by atoms with van der Waals surface area (Å²) < 4.78 is 0. The zero-order valence-corrected chi connectivity index (χ0v) is 11.6. The number of hydrogen-bond donors (Lipinski definition) is 2. The van der Waals surface area contributed by atoms with E-state index in [0.29, 0.717) is 5.95 Å². The molecule has 2 N–H and O–H groups in total. The Balaban J connectivity index is 2.49. The van der Waals surface area contributed by atoms with E-state index in [1.165, 1.54) is 0 Å². The number of nitrogens with one attached hydrogen (secondary N) is 2. The molecule has 0 saturated carbocycles. The lowest BCUT2D eigenvalue weighted by Crippen LogP contribution is -2.19. The first-order valence-electron chi connectivity index (χ1n) is 6.60. The van der Waals surface area contributed by atoms with Crippen LogP contribution in [0.3, 0.4) is 0 Å². The summed E-state index contributed by atoms with van der Waals surface area (Å²) in [5.41, 5.74) is 0.793. The molecule has 1 aromatic rings. The average Bonchev–Trinajstić information content (AvgIpc) is 2.31. The predicted octanol–water partition coefficient (Wildman–Crippen LogP) is 1.48. The van der Waals surface area contributed by atoms with Gasteiger partial charge >= 0.3 is 0 Å². The van der Waals surface area contributed by atoms with Crippen molar-refractivity contribution in [3.05, 3.63) is 22.1 Å².